The molecule has 0 atom stereocenters. The van der Waals surface area contributed by atoms with Crippen molar-refractivity contribution in [2.75, 3.05) is 0 Å². The van der Waals surface area contributed by atoms with Crippen molar-refractivity contribution in [1.82, 2.24) is 0 Å². The van der Waals surface area contributed by atoms with Gasteiger partial charge in [0.05, 0.1) is 0 Å². The van der Waals surface area contributed by atoms with E-state index < -0.39 is 0 Å². The fraction of sp³-hybridized carbons (Fsp3) is 0.333. The van der Waals surface area contributed by atoms with E-state index in [1.54, 1.807) is 0 Å². The Bertz CT molecular complexity index is 65.0. The second-order valence-corrected chi connectivity index (χ2v) is 3.40. The van der Waals surface area contributed by atoms with E-state index in [4.69, 9.17) is 0 Å². The van der Waals surface area contributed by atoms with Crippen LogP contribution < -0.4 is 0 Å². The van der Waals surface area contributed by atoms with Crippen LogP contribution in [0.1, 0.15) is 0 Å². The van der Waals surface area contributed by atoms with Gasteiger partial charge in [-0.1, -0.05) is 0 Å². The van der Waals surface area contributed by atoms with E-state index >= 15 is 0 Å². The molecule has 1 rings (SSSR count). The van der Waals surface area contributed by atoms with E-state index in [0.717, 1.165) is 0 Å². The second-order valence-electron chi connectivity index (χ2n) is 0.881. The summed E-state index contributed by atoms with van der Waals surface area (Å²) in [5.41, 5.74) is 0. The van der Waals surface area contributed by atoms with Crippen molar-refractivity contribution in [3.05, 3.63) is 10.1 Å². The quantitative estimate of drug-likeness (QED) is 0.453. The average molecular weight is 172 g/mol. The molecule has 23 valence electrons. The summed E-state index contributed by atoms with van der Waals surface area (Å²) in [6.07, 6.45) is 3.33. The van der Waals surface area contributed by atoms with Gasteiger partial charge in [0.15, 0.2) is 0 Å². The molecule has 5 heavy (non-hydrogen) atoms. The summed E-state index contributed by atoms with van der Waals surface area (Å²) in [5.74, 6) is 0. The third-order valence-corrected chi connectivity index (χ3v) is 2.55. The van der Waals surface area contributed by atoms with E-state index in [-0.39, 0.29) is 20.9 Å². The fourth-order valence-electron chi connectivity index (χ4n) is 0.264. The molecule has 0 aromatic rings. The van der Waals surface area contributed by atoms with E-state index in [0.29, 0.717) is 0 Å². The van der Waals surface area contributed by atoms with Gasteiger partial charge in [-0.3, -0.25) is 0 Å². The van der Waals surface area contributed by atoms with Crippen molar-refractivity contribution in [2.45, 2.75) is 6.32 Å². The maximum absolute atomic E-state index is 3.19. The van der Waals surface area contributed by atoms with Gasteiger partial charge in [-0.25, -0.2) is 0 Å². The van der Waals surface area contributed by atoms with Gasteiger partial charge in [0.1, 0.15) is 0 Å². The molecule has 1 aliphatic heterocycles. The van der Waals surface area contributed by atoms with Crippen LogP contribution in [0.15, 0.2) is 6.08 Å². The Balaban J connectivity index is 2.61. The number of rotatable bonds is 0. The van der Waals surface area contributed by atoms with Crippen LogP contribution in [0.5, 0.6) is 0 Å². The topological polar surface area (TPSA) is 0 Å². The Morgan fingerprint density at radius 3 is 3.20 bits per heavy atom. The van der Waals surface area contributed by atoms with Crippen molar-refractivity contribution < 1.29 is 0 Å². The molecule has 0 aliphatic carbocycles. The molecule has 1 radical (unpaired) electrons. The predicted octanol–water partition coefficient (Wildman–Crippen LogP) is 0.0586. The third-order valence-electron chi connectivity index (χ3n) is 0.480. The van der Waals surface area contributed by atoms with Gasteiger partial charge in [-0.05, 0) is 0 Å². The van der Waals surface area contributed by atoms with Gasteiger partial charge in [-0.2, -0.15) is 0 Å². The van der Waals surface area contributed by atoms with Gasteiger partial charge in [-0.15, -0.1) is 0 Å². The van der Waals surface area contributed by atoms with Gasteiger partial charge in [0.25, 0.3) is 0 Å². The summed E-state index contributed by atoms with van der Waals surface area (Å²) in [6, 6.07) is 0. The third kappa shape index (κ3) is 1.01. The molecule has 0 spiro atoms. The first-order valence-electron chi connectivity index (χ1n) is 1.59. The van der Waals surface area contributed by atoms with Gasteiger partial charge >= 0.3 is 42.0 Å². The molecule has 1 aliphatic rings. The Morgan fingerprint density at radius 1 is 2.00 bits per heavy atom. The molecule has 2 heteroatoms. The summed E-state index contributed by atoms with van der Waals surface area (Å²) in [4.78, 5) is 0. The molecule has 0 fully saturated rings. The molecule has 0 aromatic heterocycles. The first-order chi connectivity index (χ1) is 2.50. The molecular weight excluding hydrogens is 169 g/mol. The van der Waals surface area contributed by atoms with Crippen molar-refractivity contribution in [2.24, 2.45) is 0 Å². The molecule has 0 bridgehead atoms. The van der Waals surface area contributed by atoms with E-state index in [2.05, 4.69) is 14.7 Å². The monoisotopic (exact) mass is 171 g/mol. The first kappa shape index (κ1) is 3.80. The van der Waals surface area contributed by atoms with Gasteiger partial charge in [0.2, 0.25) is 0 Å². The van der Waals surface area contributed by atoms with Crippen molar-refractivity contribution in [3.63, 3.8) is 0 Å². The van der Waals surface area contributed by atoms with E-state index in [1.165, 1.54) is 6.32 Å². The molecule has 0 amide bonds. The predicted molar refractivity (Wildman–Crippen MR) is 24.1 cm³/mol. The summed E-state index contributed by atoms with van der Waals surface area (Å²) in [7, 11) is 0. The molecule has 0 aromatic carbocycles. The van der Waals surface area contributed by atoms with Crippen LogP contribution in [-0.4, -0.2) is 25.5 Å². The van der Waals surface area contributed by atoms with Crippen LogP contribution in [0.2, 0.25) is 6.32 Å². The normalized spacial score (nSPS) is 16.0. The molecule has 0 saturated carbocycles. The first-order valence-corrected chi connectivity index (χ1v) is 4.34. The molecule has 0 saturated heterocycles. The molecule has 0 unspecified atom stereocenters. The van der Waals surface area contributed by atoms with Crippen molar-refractivity contribution in [1.29, 1.82) is 0 Å². The van der Waals surface area contributed by atoms with Gasteiger partial charge < -0.3 is 0 Å². The zero-order valence-electron chi connectivity index (χ0n) is 2.81. The SMILES string of the molecule is [B]1=[Sb][C]=CC1. The fourth-order valence-corrected chi connectivity index (χ4v) is 1.77. The van der Waals surface area contributed by atoms with Crippen LogP contribution in [0, 0.1) is 4.02 Å². The minimum atomic E-state index is 0.0361. The van der Waals surface area contributed by atoms with Crippen LogP contribution in [0.4, 0.5) is 0 Å². The standard InChI is InChI=1S/C3H3B.Sb/c1-2-3-4;/h2H,3H2;. The van der Waals surface area contributed by atoms with Gasteiger partial charge in [0, 0.05) is 0 Å². The molecule has 0 nitrogen and oxygen atoms in total. The summed E-state index contributed by atoms with van der Waals surface area (Å²) >= 11 is 0.0361. The Labute approximate surface area is 42.2 Å². The Kier molecular flexibility index (Phi) is 1.46. The molecule has 1 heterocycles. The van der Waals surface area contributed by atoms with Crippen molar-refractivity contribution >= 4 is 25.5 Å². The van der Waals surface area contributed by atoms with Crippen LogP contribution in [-0.2, 0) is 0 Å². The number of allylic oxidation sites excluding steroid dienone is 1. The maximum atomic E-state index is 3.19. The molecule has 0 N–H and O–H groups in total. The van der Waals surface area contributed by atoms with Crippen LogP contribution in [0.25, 0.3) is 0 Å². The van der Waals surface area contributed by atoms with Crippen LogP contribution >= 0.6 is 0 Å². The van der Waals surface area contributed by atoms with Crippen LogP contribution in [0.3, 0.4) is 0 Å². The number of hydrogen-bond donors (Lipinski definition) is 0. The zero-order chi connectivity index (χ0) is 3.54. The Hall–Kier alpha value is 0.623. The van der Waals surface area contributed by atoms with E-state index in [1.807, 2.05) is 0 Å². The second kappa shape index (κ2) is 1.92. The summed E-state index contributed by atoms with van der Waals surface area (Å²) in [5, 5.41) is 0. The Morgan fingerprint density at radius 2 is 3.00 bits per heavy atom. The average Bonchev–Trinajstić information content (AvgIpc) is 1.76. The summed E-state index contributed by atoms with van der Waals surface area (Å²) < 4.78 is 5.54. The van der Waals surface area contributed by atoms with E-state index in [9.17, 15) is 0 Å². The minimum absolute atomic E-state index is 0.0361. The summed E-state index contributed by atoms with van der Waals surface area (Å²) in [6.45, 7) is 0. The zero-order valence-corrected chi connectivity index (χ0v) is 5.36. The number of hydrogen-bond acceptors (Lipinski definition) is 0. The van der Waals surface area contributed by atoms with Crippen molar-refractivity contribution in [3.8, 4) is 0 Å². The molecular formula is C3H3BSb.